The summed E-state index contributed by atoms with van der Waals surface area (Å²) in [5.74, 6) is 0.150. The van der Waals surface area contributed by atoms with Crippen LogP contribution in [-0.4, -0.2) is 21.6 Å². The predicted molar refractivity (Wildman–Crippen MR) is 52.2 cm³/mol. The summed E-state index contributed by atoms with van der Waals surface area (Å²) < 4.78 is 29.6. The van der Waals surface area contributed by atoms with E-state index in [4.69, 9.17) is 0 Å². The maximum absolute atomic E-state index is 11.9. The molecule has 1 aromatic heterocycles. The molecule has 0 saturated heterocycles. The number of benzene rings is 1. The minimum atomic E-state index is -2.79. The highest BCUT2D eigenvalue weighted by atomic mass is 19.3. The maximum atomic E-state index is 11.9. The SMILES string of the molecule is FC(F)Oc1ccc(Cn2ccnn2)cc1. The molecule has 1 aromatic carbocycles. The average Bonchev–Trinajstić information content (AvgIpc) is 2.73. The standard InChI is InChI=1S/C10H9F2N3O/c11-10(12)16-9-3-1-8(2-4-9)7-15-6-5-13-14-15/h1-6,10H,7H2. The van der Waals surface area contributed by atoms with Gasteiger partial charge in [-0.2, -0.15) is 8.78 Å². The van der Waals surface area contributed by atoms with Gasteiger partial charge >= 0.3 is 6.61 Å². The van der Waals surface area contributed by atoms with Crippen molar-refractivity contribution in [3.8, 4) is 5.75 Å². The lowest BCUT2D eigenvalue weighted by Crippen LogP contribution is -2.03. The summed E-state index contributed by atoms with van der Waals surface area (Å²) >= 11 is 0. The normalized spacial score (nSPS) is 10.7. The molecule has 16 heavy (non-hydrogen) atoms. The van der Waals surface area contributed by atoms with E-state index in [1.54, 1.807) is 29.2 Å². The summed E-state index contributed by atoms with van der Waals surface area (Å²) in [6.07, 6.45) is 3.30. The van der Waals surface area contributed by atoms with E-state index in [0.717, 1.165) is 5.56 Å². The van der Waals surface area contributed by atoms with Gasteiger partial charge < -0.3 is 4.74 Å². The van der Waals surface area contributed by atoms with Gasteiger partial charge in [0.2, 0.25) is 0 Å². The first kappa shape index (κ1) is 10.5. The van der Waals surface area contributed by atoms with Gasteiger partial charge in [0, 0.05) is 6.20 Å². The molecule has 84 valence electrons. The first-order valence-electron chi connectivity index (χ1n) is 4.62. The van der Waals surface area contributed by atoms with Crippen LogP contribution in [0.4, 0.5) is 8.78 Å². The second kappa shape index (κ2) is 4.69. The molecule has 2 rings (SSSR count). The van der Waals surface area contributed by atoms with E-state index < -0.39 is 6.61 Å². The fraction of sp³-hybridized carbons (Fsp3) is 0.200. The van der Waals surface area contributed by atoms with Gasteiger partial charge in [0.05, 0.1) is 12.7 Å². The van der Waals surface area contributed by atoms with Crippen molar-refractivity contribution in [3.63, 3.8) is 0 Å². The van der Waals surface area contributed by atoms with E-state index in [-0.39, 0.29) is 5.75 Å². The summed E-state index contributed by atoms with van der Waals surface area (Å²) in [6.45, 7) is -2.24. The smallest absolute Gasteiger partial charge is 0.387 e. The van der Waals surface area contributed by atoms with Crippen LogP contribution in [0.5, 0.6) is 5.75 Å². The summed E-state index contributed by atoms with van der Waals surface area (Å²) in [5.41, 5.74) is 0.937. The molecule has 0 N–H and O–H groups in total. The van der Waals surface area contributed by atoms with Gasteiger partial charge in [0.25, 0.3) is 0 Å². The summed E-state index contributed by atoms with van der Waals surface area (Å²) in [7, 11) is 0. The van der Waals surface area contributed by atoms with Crippen molar-refractivity contribution in [2.24, 2.45) is 0 Å². The van der Waals surface area contributed by atoms with Crippen LogP contribution >= 0.6 is 0 Å². The molecule has 6 heteroatoms. The molecular formula is C10H9F2N3O. The topological polar surface area (TPSA) is 39.9 Å². The lowest BCUT2D eigenvalue weighted by atomic mass is 10.2. The third-order valence-corrected chi connectivity index (χ3v) is 1.97. The zero-order valence-electron chi connectivity index (χ0n) is 8.25. The highest BCUT2D eigenvalue weighted by Gasteiger charge is 2.03. The Kier molecular flexibility index (Phi) is 3.09. The largest absolute Gasteiger partial charge is 0.435 e. The van der Waals surface area contributed by atoms with Crippen molar-refractivity contribution in [2.45, 2.75) is 13.2 Å². The lowest BCUT2D eigenvalue weighted by Gasteiger charge is -2.05. The van der Waals surface area contributed by atoms with Gasteiger partial charge in [0.15, 0.2) is 0 Å². The molecule has 0 aliphatic heterocycles. The quantitative estimate of drug-likeness (QED) is 0.798. The van der Waals surface area contributed by atoms with E-state index in [1.807, 2.05) is 0 Å². The Morgan fingerprint density at radius 1 is 1.25 bits per heavy atom. The molecule has 2 aromatic rings. The van der Waals surface area contributed by atoms with Crippen molar-refractivity contribution in [3.05, 3.63) is 42.2 Å². The van der Waals surface area contributed by atoms with Crippen LogP contribution < -0.4 is 4.74 Å². The second-order valence-electron chi connectivity index (χ2n) is 3.12. The molecule has 0 spiro atoms. The Hall–Kier alpha value is -1.98. The average molecular weight is 225 g/mol. The van der Waals surface area contributed by atoms with Crippen molar-refractivity contribution >= 4 is 0 Å². The van der Waals surface area contributed by atoms with Gasteiger partial charge in [-0.15, -0.1) is 5.10 Å². The van der Waals surface area contributed by atoms with Gasteiger partial charge in [-0.3, -0.25) is 0 Å². The van der Waals surface area contributed by atoms with E-state index in [0.29, 0.717) is 6.54 Å². The van der Waals surface area contributed by atoms with Crippen LogP contribution in [0.15, 0.2) is 36.7 Å². The maximum Gasteiger partial charge on any atom is 0.387 e. The van der Waals surface area contributed by atoms with Gasteiger partial charge in [-0.25, -0.2) is 4.68 Å². The van der Waals surface area contributed by atoms with Gasteiger partial charge in [-0.1, -0.05) is 17.3 Å². The van der Waals surface area contributed by atoms with Gasteiger partial charge in [-0.05, 0) is 17.7 Å². The predicted octanol–water partition coefficient (Wildman–Crippen LogP) is 1.93. The molecule has 0 amide bonds. The first-order valence-corrected chi connectivity index (χ1v) is 4.62. The Bertz CT molecular complexity index is 428. The van der Waals surface area contributed by atoms with Crippen LogP contribution in [-0.2, 0) is 6.54 Å². The Morgan fingerprint density at radius 3 is 2.56 bits per heavy atom. The van der Waals surface area contributed by atoms with Crippen molar-refractivity contribution in [1.82, 2.24) is 15.0 Å². The van der Waals surface area contributed by atoms with Gasteiger partial charge in [0.1, 0.15) is 5.75 Å². The number of alkyl halides is 2. The Balaban J connectivity index is 2.02. The van der Waals surface area contributed by atoms with Crippen LogP contribution in [0.2, 0.25) is 0 Å². The number of aromatic nitrogens is 3. The highest BCUT2D eigenvalue weighted by molar-refractivity contribution is 5.27. The molecular weight excluding hydrogens is 216 g/mol. The fourth-order valence-electron chi connectivity index (χ4n) is 1.28. The fourth-order valence-corrected chi connectivity index (χ4v) is 1.28. The van der Waals surface area contributed by atoms with E-state index in [1.165, 1.54) is 12.1 Å². The van der Waals surface area contributed by atoms with E-state index >= 15 is 0 Å². The number of nitrogens with zero attached hydrogens (tertiary/aromatic N) is 3. The molecule has 0 fully saturated rings. The minimum Gasteiger partial charge on any atom is -0.435 e. The number of ether oxygens (including phenoxy) is 1. The highest BCUT2D eigenvalue weighted by Crippen LogP contribution is 2.15. The second-order valence-corrected chi connectivity index (χ2v) is 3.12. The van der Waals surface area contributed by atoms with Crippen molar-refractivity contribution in [1.29, 1.82) is 0 Å². The molecule has 0 radical (unpaired) electrons. The summed E-state index contributed by atoms with van der Waals surface area (Å²) in [6, 6.07) is 6.41. The molecule has 1 heterocycles. The van der Waals surface area contributed by atoms with Crippen LogP contribution in [0.25, 0.3) is 0 Å². The third kappa shape index (κ3) is 2.75. The Labute approximate surface area is 90.5 Å². The first-order chi connectivity index (χ1) is 7.74. The minimum absolute atomic E-state index is 0.150. The van der Waals surface area contributed by atoms with Crippen molar-refractivity contribution < 1.29 is 13.5 Å². The molecule has 0 unspecified atom stereocenters. The van der Waals surface area contributed by atoms with E-state index in [9.17, 15) is 8.78 Å². The summed E-state index contributed by atoms with van der Waals surface area (Å²) in [5, 5.41) is 7.46. The molecule has 0 aliphatic rings. The number of halogens is 2. The number of hydrogen-bond donors (Lipinski definition) is 0. The zero-order chi connectivity index (χ0) is 11.4. The van der Waals surface area contributed by atoms with Crippen LogP contribution in [0, 0.1) is 0 Å². The monoisotopic (exact) mass is 225 g/mol. The Morgan fingerprint density at radius 2 is 2.00 bits per heavy atom. The van der Waals surface area contributed by atoms with Crippen LogP contribution in [0.1, 0.15) is 5.56 Å². The number of hydrogen-bond acceptors (Lipinski definition) is 3. The third-order valence-electron chi connectivity index (χ3n) is 1.97. The number of rotatable bonds is 4. The van der Waals surface area contributed by atoms with Crippen LogP contribution in [0.3, 0.4) is 0 Å². The molecule has 0 saturated carbocycles. The summed E-state index contributed by atoms with van der Waals surface area (Å²) in [4.78, 5) is 0. The molecule has 0 aliphatic carbocycles. The van der Waals surface area contributed by atoms with Crippen molar-refractivity contribution in [2.75, 3.05) is 0 Å². The molecule has 0 bridgehead atoms. The zero-order valence-corrected chi connectivity index (χ0v) is 8.25. The van der Waals surface area contributed by atoms with E-state index in [2.05, 4.69) is 15.0 Å². The molecule has 4 nitrogen and oxygen atoms in total. The lowest BCUT2D eigenvalue weighted by molar-refractivity contribution is -0.0498. The molecule has 0 atom stereocenters.